The lowest BCUT2D eigenvalue weighted by Crippen LogP contribution is -2.06. The van der Waals surface area contributed by atoms with Gasteiger partial charge in [0, 0.05) is 11.6 Å². The molecule has 2 N–H and O–H groups in total. The van der Waals surface area contributed by atoms with Crippen molar-refractivity contribution in [3.8, 4) is 11.5 Å². The van der Waals surface area contributed by atoms with E-state index in [1.807, 2.05) is 0 Å². The van der Waals surface area contributed by atoms with Gasteiger partial charge in [-0.3, -0.25) is 4.79 Å². The molecule has 4 nitrogen and oxygen atoms in total. The fourth-order valence-corrected chi connectivity index (χ4v) is 2.12. The van der Waals surface area contributed by atoms with E-state index in [-0.39, 0.29) is 12.4 Å². The molecule has 0 atom stereocenters. The topological polar surface area (TPSA) is 61.5 Å². The zero-order chi connectivity index (χ0) is 18.4. The first-order valence-corrected chi connectivity index (χ1v) is 7.24. The Hall–Kier alpha value is -2.96. The molecule has 7 heteroatoms. The van der Waals surface area contributed by atoms with Crippen LogP contribution < -0.4 is 15.2 Å². The van der Waals surface area contributed by atoms with Crippen LogP contribution in [-0.4, -0.2) is 13.0 Å². The Labute approximate surface area is 142 Å². The van der Waals surface area contributed by atoms with Gasteiger partial charge in [0.25, 0.3) is 0 Å². The van der Waals surface area contributed by atoms with Gasteiger partial charge in [-0.25, -0.2) is 0 Å². The molecule has 0 aliphatic carbocycles. The molecule has 2 aromatic rings. The van der Waals surface area contributed by atoms with Gasteiger partial charge in [0.05, 0.1) is 12.7 Å². The highest BCUT2D eigenvalue weighted by Crippen LogP contribution is 2.31. The monoisotopic (exact) mass is 351 g/mol. The average molecular weight is 351 g/mol. The molecule has 0 heterocycles. The number of nitrogens with two attached hydrogens (primary N) is 1. The number of methoxy groups -OCH3 is 1. The number of halogens is 3. The third-order valence-corrected chi connectivity index (χ3v) is 3.30. The van der Waals surface area contributed by atoms with Crippen LogP contribution in [0.5, 0.6) is 11.5 Å². The van der Waals surface area contributed by atoms with Gasteiger partial charge < -0.3 is 15.2 Å². The minimum atomic E-state index is -4.43. The Bertz CT molecular complexity index is 785. The van der Waals surface area contributed by atoms with Gasteiger partial charge in [0.2, 0.25) is 5.91 Å². The van der Waals surface area contributed by atoms with E-state index in [1.165, 1.54) is 31.4 Å². The number of carbonyl (C=O) groups excluding carboxylic acids is 1. The zero-order valence-electron chi connectivity index (χ0n) is 13.3. The van der Waals surface area contributed by atoms with Crippen molar-refractivity contribution in [2.45, 2.75) is 12.8 Å². The molecular weight excluding hydrogens is 335 g/mol. The van der Waals surface area contributed by atoms with Crippen LogP contribution in [0.2, 0.25) is 0 Å². The van der Waals surface area contributed by atoms with Crippen LogP contribution >= 0.6 is 0 Å². The van der Waals surface area contributed by atoms with Crippen LogP contribution in [0.15, 0.2) is 48.5 Å². The fourth-order valence-electron chi connectivity index (χ4n) is 2.12. The van der Waals surface area contributed by atoms with Crippen LogP contribution in [0.25, 0.3) is 6.08 Å². The number of primary amides is 1. The fraction of sp³-hybridized carbons (Fsp3) is 0.167. The number of hydrogen-bond donors (Lipinski definition) is 1. The van der Waals surface area contributed by atoms with Crippen LogP contribution in [0.3, 0.4) is 0 Å². The summed E-state index contributed by atoms with van der Waals surface area (Å²) in [7, 11) is 1.47. The molecule has 0 saturated heterocycles. The summed E-state index contributed by atoms with van der Waals surface area (Å²) < 4.78 is 48.9. The standard InChI is InChI=1S/C18H16F3NO3/c1-24-16-7-5-12(6-8-17(22)23)9-13(16)11-25-15-4-2-3-14(10-15)18(19,20)21/h2-10H,11H2,1H3,(H2,22,23)/b8-6-. The highest BCUT2D eigenvalue weighted by molar-refractivity contribution is 5.90. The maximum absolute atomic E-state index is 12.7. The molecule has 2 aromatic carbocycles. The van der Waals surface area contributed by atoms with Crippen LogP contribution in [-0.2, 0) is 17.6 Å². The molecule has 0 fully saturated rings. The lowest BCUT2D eigenvalue weighted by molar-refractivity contribution is -0.137. The Balaban J connectivity index is 2.19. The van der Waals surface area contributed by atoms with Gasteiger partial charge >= 0.3 is 6.18 Å². The maximum atomic E-state index is 12.7. The smallest absolute Gasteiger partial charge is 0.416 e. The third kappa shape index (κ3) is 5.27. The van der Waals surface area contributed by atoms with E-state index in [2.05, 4.69) is 0 Å². The molecule has 0 aromatic heterocycles. The average Bonchev–Trinajstić information content (AvgIpc) is 2.57. The molecule has 0 unspecified atom stereocenters. The van der Waals surface area contributed by atoms with Crippen LogP contribution in [0.1, 0.15) is 16.7 Å². The molecule has 132 valence electrons. The van der Waals surface area contributed by atoms with Gasteiger partial charge in [-0.05, 0) is 42.0 Å². The number of amides is 1. The van der Waals surface area contributed by atoms with Gasteiger partial charge in [0.15, 0.2) is 0 Å². The molecule has 0 spiro atoms. The third-order valence-electron chi connectivity index (χ3n) is 3.30. The number of hydrogen-bond acceptors (Lipinski definition) is 3. The van der Waals surface area contributed by atoms with Gasteiger partial charge in [-0.2, -0.15) is 13.2 Å². The van der Waals surface area contributed by atoms with Crippen LogP contribution in [0.4, 0.5) is 13.2 Å². The summed E-state index contributed by atoms with van der Waals surface area (Å²) in [5.41, 5.74) is 5.57. The number of rotatable bonds is 6. The van der Waals surface area contributed by atoms with Crippen molar-refractivity contribution in [2.24, 2.45) is 5.73 Å². The summed E-state index contributed by atoms with van der Waals surface area (Å²) in [6.45, 7) is 0.00271. The Morgan fingerprint density at radius 2 is 1.96 bits per heavy atom. The summed E-state index contributed by atoms with van der Waals surface area (Å²) in [4.78, 5) is 10.8. The van der Waals surface area contributed by atoms with E-state index in [9.17, 15) is 18.0 Å². The van der Waals surface area contributed by atoms with E-state index in [0.717, 1.165) is 12.1 Å². The first kappa shape index (κ1) is 18.4. The Morgan fingerprint density at radius 1 is 1.20 bits per heavy atom. The molecule has 0 aliphatic rings. The normalized spacial score (nSPS) is 11.5. The molecule has 0 aliphatic heterocycles. The first-order valence-electron chi connectivity index (χ1n) is 7.24. The second-order valence-corrected chi connectivity index (χ2v) is 5.12. The quantitative estimate of drug-likeness (QED) is 0.806. The second kappa shape index (κ2) is 7.74. The van der Waals surface area contributed by atoms with Crippen LogP contribution in [0, 0.1) is 0 Å². The highest BCUT2D eigenvalue weighted by Gasteiger charge is 2.30. The van der Waals surface area contributed by atoms with Crippen molar-refractivity contribution < 1.29 is 27.4 Å². The largest absolute Gasteiger partial charge is 0.496 e. The SMILES string of the molecule is COc1ccc(/C=C\C(N)=O)cc1COc1cccc(C(F)(F)F)c1. The highest BCUT2D eigenvalue weighted by atomic mass is 19.4. The summed E-state index contributed by atoms with van der Waals surface area (Å²) >= 11 is 0. The molecule has 1 amide bonds. The van der Waals surface area contributed by atoms with E-state index in [0.29, 0.717) is 16.9 Å². The first-order chi connectivity index (χ1) is 11.8. The second-order valence-electron chi connectivity index (χ2n) is 5.12. The van der Waals surface area contributed by atoms with Gasteiger partial charge in [-0.15, -0.1) is 0 Å². The lowest BCUT2D eigenvalue weighted by atomic mass is 10.1. The Kier molecular flexibility index (Phi) is 5.69. The summed E-state index contributed by atoms with van der Waals surface area (Å²) in [6.07, 6.45) is -1.70. The maximum Gasteiger partial charge on any atom is 0.416 e. The van der Waals surface area contributed by atoms with Crippen molar-refractivity contribution >= 4 is 12.0 Å². The zero-order valence-corrected chi connectivity index (χ0v) is 13.3. The number of benzene rings is 2. The van der Waals surface area contributed by atoms with Crippen molar-refractivity contribution in [3.05, 3.63) is 65.2 Å². The van der Waals surface area contributed by atoms with Crippen molar-refractivity contribution in [1.82, 2.24) is 0 Å². The molecule has 0 bridgehead atoms. The number of carbonyl (C=O) groups is 1. The summed E-state index contributed by atoms with van der Waals surface area (Å²) in [6, 6.07) is 9.72. The van der Waals surface area contributed by atoms with E-state index in [1.54, 1.807) is 18.2 Å². The van der Waals surface area contributed by atoms with E-state index >= 15 is 0 Å². The van der Waals surface area contributed by atoms with Gasteiger partial charge in [0.1, 0.15) is 18.1 Å². The molecular formula is C18H16F3NO3. The lowest BCUT2D eigenvalue weighted by Gasteiger charge is -2.13. The molecule has 2 rings (SSSR count). The molecule has 25 heavy (non-hydrogen) atoms. The number of ether oxygens (including phenoxy) is 2. The van der Waals surface area contributed by atoms with E-state index in [4.69, 9.17) is 15.2 Å². The predicted octanol–water partition coefficient (Wildman–Crippen LogP) is 3.79. The summed E-state index contributed by atoms with van der Waals surface area (Å²) in [5.74, 6) is 0.0238. The minimum absolute atomic E-state index is 0.00271. The van der Waals surface area contributed by atoms with E-state index < -0.39 is 17.6 Å². The number of alkyl halides is 3. The summed E-state index contributed by atoms with van der Waals surface area (Å²) in [5, 5.41) is 0. The molecule has 0 radical (unpaired) electrons. The van der Waals surface area contributed by atoms with Crippen molar-refractivity contribution in [3.63, 3.8) is 0 Å². The molecule has 0 saturated carbocycles. The minimum Gasteiger partial charge on any atom is -0.496 e. The van der Waals surface area contributed by atoms with Crippen molar-refractivity contribution in [2.75, 3.05) is 7.11 Å². The Morgan fingerprint density at radius 3 is 2.60 bits per heavy atom. The predicted molar refractivity (Wildman–Crippen MR) is 87.0 cm³/mol. The van der Waals surface area contributed by atoms with Crippen molar-refractivity contribution in [1.29, 1.82) is 0 Å². The van der Waals surface area contributed by atoms with Gasteiger partial charge in [-0.1, -0.05) is 12.1 Å².